The average molecular weight is 208 g/mol. The van der Waals surface area contributed by atoms with Crippen molar-refractivity contribution >= 4 is 5.69 Å². The molecule has 84 valence electrons. The Hall–Kier alpha value is -1.25. The normalized spacial score (nSPS) is 12.7. The lowest BCUT2D eigenvalue weighted by molar-refractivity contribution is 0.398. The molecule has 1 heterocycles. The Morgan fingerprint density at radius 3 is 2.53 bits per heavy atom. The molecule has 0 fully saturated rings. The van der Waals surface area contributed by atoms with Crippen LogP contribution in [0, 0.1) is 12.8 Å². The largest absolute Gasteiger partial charge is 0.480 e. The van der Waals surface area contributed by atoms with Crippen LogP contribution in [0.2, 0.25) is 0 Å². The molecule has 3 heteroatoms. The van der Waals surface area contributed by atoms with Crippen LogP contribution in [0.25, 0.3) is 0 Å². The van der Waals surface area contributed by atoms with E-state index in [9.17, 15) is 0 Å². The number of methoxy groups -OCH3 is 1. The highest BCUT2D eigenvalue weighted by Gasteiger charge is 2.10. The molecule has 0 spiro atoms. The molecule has 0 aliphatic carbocycles. The highest BCUT2D eigenvalue weighted by atomic mass is 16.5. The summed E-state index contributed by atoms with van der Waals surface area (Å²) in [6.45, 7) is 8.56. The van der Waals surface area contributed by atoms with Crippen LogP contribution in [0.5, 0.6) is 5.88 Å². The standard InChI is InChI=1S/C12H20N2O/c1-8(2)10(4)14-11-6-9(3)7-13-12(11)15-5/h6-8,10,14H,1-5H3. The number of nitrogens with one attached hydrogen (secondary N) is 1. The summed E-state index contributed by atoms with van der Waals surface area (Å²) in [5.41, 5.74) is 2.10. The molecule has 0 aliphatic heterocycles. The summed E-state index contributed by atoms with van der Waals surface area (Å²) in [6, 6.07) is 2.47. The van der Waals surface area contributed by atoms with E-state index in [2.05, 4.69) is 37.1 Å². The van der Waals surface area contributed by atoms with Crippen molar-refractivity contribution in [3.05, 3.63) is 17.8 Å². The Morgan fingerprint density at radius 1 is 1.33 bits per heavy atom. The van der Waals surface area contributed by atoms with Crippen LogP contribution in [0.4, 0.5) is 5.69 Å². The molecule has 1 atom stereocenters. The summed E-state index contributed by atoms with van der Waals surface area (Å²) < 4.78 is 5.21. The lowest BCUT2D eigenvalue weighted by Crippen LogP contribution is -2.22. The minimum absolute atomic E-state index is 0.405. The van der Waals surface area contributed by atoms with Crippen LogP contribution in [-0.2, 0) is 0 Å². The van der Waals surface area contributed by atoms with Gasteiger partial charge in [-0.25, -0.2) is 4.98 Å². The van der Waals surface area contributed by atoms with E-state index in [1.54, 1.807) is 7.11 Å². The molecule has 1 aromatic heterocycles. The van der Waals surface area contributed by atoms with Crippen LogP contribution in [-0.4, -0.2) is 18.1 Å². The topological polar surface area (TPSA) is 34.1 Å². The molecule has 1 unspecified atom stereocenters. The molecule has 0 radical (unpaired) electrons. The molecule has 3 nitrogen and oxygen atoms in total. The van der Waals surface area contributed by atoms with Gasteiger partial charge in [0.1, 0.15) is 0 Å². The molecular weight excluding hydrogens is 188 g/mol. The Morgan fingerprint density at radius 2 is 2.00 bits per heavy atom. The third kappa shape index (κ3) is 3.11. The number of pyridine rings is 1. The molecule has 0 saturated heterocycles. The lowest BCUT2D eigenvalue weighted by Gasteiger charge is -2.20. The number of hydrogen-bond acceptors (Lipinski definition) is 3. The molecule has 0 amide bonds. The molecule has 0 aromatic carbocycles. The SMILES string of the molecule is COc1ncc(C)cc1NC(C)C(C)C. The molecular formula is C12H20N2O. The zero-order chi connectivity index (χ0) is 11.4. The predicted molar refractivity (Wildman–Crippen MR) is 63.4 cm³/mol. The molecule has 15 heavy (non-hydrogen) atoms. The van der Waals surface area contributed by atoms with Gasteiger partial charge in [-0.1, -0.05) is 13.8 Å². The van der Waals surface area contributed by atoms with Gasteiger partial charge in [-0.05, 0) is 31.4 Å². The van der Waals surface area contributed by atoms with Gasteiger partial charge in [0.15, 0.2) is 0 Å². The third-order valence-corrected chi connectivity index (χ3v) is 2.56. The van der Waals surface area contributed by atoms with Crippen molar-refractivity contribution in [3.8, 4) is 5.88 Å². The number of hydrogen-bond donors (Lipinski definition) is 1. The fourth-order valence-corrected chi connectivity index (χ4v) is 1.23. The monoisotopic (exact) mass is 208 g/mol. The summed E-state index contributed by atoms with van der Waals surface area (Å²) in [6.07, 6.45) is 1.81. The van der Waals surface area contributed by atoms with Gasteiger partial charge in [0.05, 0.1) is 12.8 Å². The number of rotatable bonds is 4. The second-order valence-electron chi connectivity index (χ2n) is 4.25. The summed E-state index contributed by atoms with van der Waals surface area (Å²) in [5.74, 6) is 1.24. The first-order valence-electron chi connectivity index (χ1n) is 5.31. The van der Waals surface area contributed by atoms with E-state index in [-0.39, 0.29) is 0 Å². The number of aromatic nitrogens is 1. The van der Waals surface area contributed by atoms with E-state index in [0.717, 1.165) is 11.3 Å². The van der Waals surface area contributed by atoms with Crippen LogP contribution in [0.15, 0.2) is 12.3 Å². The number of nitrogens with zero attached hydrogens (tertiary/aromatic N) is 1. The zero-order valence-corrected chi connectivity index (χ0v) is 10.2. The second-order valence-corrected chi connectivity index (χ2v) is 4.25. The molecule has 0 aliphatic rings. The smallest absolute Gasteiger partial charge is 0.237 e. The van der Waals surface area contributed by atoms with E-state index in [1.165, 1.54) is 0 Å². The van der Waals surface area contributed by atoms with Gasteiger partial charge >= 0.3 is 0 Å². The maximum absolute atomic E-state index is 5.21. The Balaban J connectivity index is 2.87. The summed E-state index contributed by atoms with van der Waals surface area (Å²) in [5, 5.41) is 3.41. The molecule has 1 rings (SSSR count). The van der Waals surface area contributed by atoms with Crippen molar-refractivity contribution in [3.63, 3.8) is 0 Å². The van der Waals surface area contributed by atoms with Gasteiger partial charge in [0.2, 0.25) is 5.88 Å². The quantitative estimate of drug-likeness (QED) is 0.826. The lowest BCUT2D eigenvalue weighted by atomic mass is 10.1. The van der Waals surface area contributed by atoms with E-state index in [0.29, 0.717) is 17.8 Å². The Kier molecular flexibility index (Phi) is 3.95. The van der Waals surface area contributed by atoms with Crippen LogP contribution in [0.3, 0.4) is 0 Å². The molecule has 1 aromatic rings. The van der Waals surface area contributed by atoms with E-state index in [1.807, 2.05) is 13.1 Å². The summed E-state index contributed by atoms with van der Waals surface area (Å²) >= 11 is 0. The van der Waals surface area contributed by atoms with Gasteiger partial charge in [-0.15, -0.1) is 0 Å². The van der Waals surface area contributed by atoms with Crippen LogP contribution >= 0.6 is 0 Å². The number of aryl methyl sites for hydroxylation is 1. The first kappa shape index (κ1) is 11.8. The van der Waals surface area contributed by atoms with Gasteiger partial charge in [0.25, 0.3) is 0 Å². The van der Waals surface area contributed by atoms with Gasteiger partial charge in [-0.3, -0.25) is 0 Å². The van der Waals surface area contributed by atoms with Crippen molar-refractivity contribution in [2.24, 2.45) is 5.92 Å². The highest BCUT2D eigenvalue weighted by molar-refractivity contribution is 5.54. The van der Waals surface area contributed by atoms with Crippen molar-refractivity contribution in [2.75, 3.05) is 12.4 Å². The minimum atomic E-state index is 0.405. The highest BCUT2D eigenvalue weighted by Crippen LogP contribution is 2.23. The summed E-state index contributed by atoms with van der Waals surface area (Å²) in [4.78, 5) is 4.22. The van der Waals surface area contributed by atoms with Crippen LogP contribution in [0.1, 0.15) is 26.3 Å². The van der Waals surface area contributed by atoms with Crippen LogP contribution < -0.4 is 10.1 Å². The number of anilines is 1. The minimum Gasteiger partial charge on any atom is -0.480 e. The van der Waals surface area contributed by atoms with Gasteiger partial charge in [-0.2, -0.15) is 0 Å². The summed E-state index contributed by atoms with van der Waals surface area (Å²) in [7, 11) is 1.64. The van der Waals surface area contributed by atoms with E-state index >= 15 is 0 Å². The third-order valence-electron chi connectivity index (χ3n) is 2.56. The fraction of sp³-hybridized carbons (Fsp3) is 0.583. The van der Waals surface area contributed by atoms with Crippen molar-refractivity contribution < 1.29 is 4.74 Å². The maximum atomic E-state index is 5.21. The van der Waals surface area contributed by atoms with E-state index < -0.39 is 0 Å². The fourth-order valence-electron chi connectivity index (χ4n) is 1.23. The maximum Gasteiger partial charge on any atom is 0.237 e. The first-order chi connectivity index (χ1) is 7.04. The van der Waals surface area contributed by atoms with Crippen molar-refractivity contribution in [1.82, 2.24) is 4.98 Å². The molecule has 0 saturated carbocycles. The predicted octanol–water partition coefficient (Wildman–Crippen LogP) is 2.86. The van der Waals surface area contributed by atoms with E-state index in [4.69, 9.17) is 4.74 Å². The van der Waals surface area contributed by atoms with Gasteiger partial charge in [0, 0.05) is 12.2 Å². The Bertz CT molecular complexity index is 323. The molecule has 1 N–H and O–H groups in total. The van der Waals surface area contributed by atoms with Crippen molar-refractivity contribution in [2.45, 2.75) is 33.7 Å². The number of ether oxygens (including phenoxy) is 1. The Labute approximate surface area is 91.9 Å². The first-order valence-corrected chi connectivity index (χ1v) is 5.31. The average Bonchev–Trinajstić information content (AvgIpc) is 2.18. The van der Waals surface area contributed by atoms with Gasteiger partial charge < -0.3 is 10.1 Å². The zero-order valence-electron chi connectivity index (χ0n) is 10.2. The van der Waals surface area contributed by atoms with Crippen molar-refractivity contribution in [1.29, 1.82) is 0 Å². The second kappa shape index (κ2) is 5.01. The molecule has 0 bridgehead atoms.